The topological polar surface area (TPSA) is 76.1 Å². The lowest BCUT2D eigenvalue weighted by Gasteiger charge is -2.05. The third kappa shape index (κ3) is 2.74. The summed E-state index contributed by atoms with van der Waals surface area (Å²) in [7, 11) is -3.63. The van der Waals surface area contributed by atoms with Gasteiger partial charge in [0.2, 0.25) is 0 Å². The average molecular weight is 282 g/mol. The second-order valence-corrected chi connectivity index (χ2v) is 6.69. The zero-order valence-electron chi connectivity index (χ0n) is 9.45. The van der Waals surface area contributed by atoms with Crippen LogP contribution in [0.5, 0.6) is 0 Å². The summed E-state index contributed by atoms with van der Waals surface area (Å²) in [6.45, 7) is 1.73. The van der Waals surface area contributed by atoms with Crippen LogP contribution >= 0.6 is 11.3 Å². The van der Waals surface area contributed by atoms with E-state index in [1.807, 2.05) is 0 Å². The molecule has 1 aromatic carbocycles. The number of rotatable bonds is 4. The SMILES string of the molecule is Cc1ncc(S(=O)(=O)Nc2cccc(C=O)c2)s1. The molecule has 0 bridgehead atoms. The fraction of sp³-hybridized carbons (Fsp3) is 0.0909. The summed E-state index contributed by atoms with van der Waals surface area (Å²) in [5.74, 6) is 0. The van der Waals surface area contributed by atoms with E-state index >= 15 is 0 Å². The van der Waals surface area contributed by atoms with Gasteiger partial charge in [-0.15, -0.1) is 11.3 Å². The lowest BCUT2D eigenvalue weighted by atomic mass is 10.2. The summed E-state index contributed by atoms with van der Waals surface area (Å²) in [6.07, 6.45) is 1.97. The molecular weight excluding hydrogens is 272 g/mol. The maximum atomic E-state index is 12.0. The van der Waals surface area contributed by atoms with Crippen LogP contribution in [0, 0.1) is 6.92 Å². The van der Waals surface area contributed by atoms with Crippen molar-refractivity contribution in [3.05, 3.63) is 41.0 Å². The number of sulfonamides is 1. The van der Waals surface area contributed by atoms with Crippen LogP contribution in [-0.2, 0) is 10.0 Å². The molecule has 0 radical (unpaired) electrons. The van der Waals surface area contributed by atoms with Gasteiger partial charge < -0.3 is 0 Å². The first-order valence-corrected chi connectivity index (χ1v) is 7.32. The maximum absolute atomic E-state index is 12.0. The molecule has 0 spiro atoms. The smallest absolute Gasteiger partial charge is 0.273 e. The van der Waals surface area contributed by atoms with E-state index in [1.165, 1.54) is 12.3 Å². The lowest BCUT2D eigenvalue weighted by molar-refractivity contribution is 0.112. The first kappa shape index (κ1) is 12.7. The molecule has 1 aromatic heterocycles. The Hall–Kier alpha value is -1.73. The van der Waals surface area contributed by atoms with E-state index < -0.39 is 10.0 Å². The largest absolute Gasteiger partial charge is 0.298 e. The van der Waals surface area contributed by atoms with E-state index in [1.54, 1.807) is 25.1 Å². The highest BCUT2D eigenvalue weighted by Gasteiger charge is 2.17. The zero-order chi connectivity index (χ0) is 13.2. The normalized spacial score (nSPS) is 11.2. The number of benzene rings is 1. The molecule has 0 aliphatic rings. The van der Waals surface area contributed by atoms with E-state index in [0.29, 0.717) is 22.5 Å². The standard InChI is InChI=1S/C11H10N2O3S2/c1-8-12-6-11(17-8)18(15,16)13-10-4-2-3-9(5-10)7-14/h2-7,13H,1H3. The Bertz CT molecular complexity index is 677. The first-order chi connectivity index (χ1) is 8.51. The zero-order valence-corrected chi connectivity index (χ0v) is 11.1. The highest BCUT2D eigenvalue weighted by atomic mass is 32.2. The minimum Gasteiger partial charge on any atom is -0.298 e. The predicted octanol–water partition coefficient (Wildman–Crippen LogP) is 2.06. The van der Waals surface area contributed by atoms with Crippen LogP contribution in [0.15, 0.2) is 34.7 Å². The van der Waals surface area contributed by atoms with Crippen molar-refractivity contribution in [2.75, 3.05) is 4.72 Å². The third-order valence-corrected chi connectivity index (χ3v) is 4.90. The second kappa shape index (κ2) is 4.87. The highest BCUT2D eigenvalue weighted by molar-refractivity contribution is 7.94. The molecular formula is C11H10N2O3S2. The average Bonchev–Trinajstić information content (AvgIpc) is 2.76. The summed E-state index contributed by atoms with van der Waals surface area (Å²) in [5, 5.41) is 0.678. The quantitative estimate of drug-likeness (QED) is 0.871. The number of carbonyl (C=O) groups excluding carboxylic acids is 1. The van der Waals surface area contributed by atoms with Crippen LogP contribution in [0.25, 0.3) is 0 Å². The minimum absolute atomic E-state index is 0.150. The van der Waals surface area contributed by atoms with Gasteiger partial charge in [-0.25, -0.2) is 13.4 Å². The number of aromatic nitrogens is 1. The molecule has 0 saturated heterocycles. The molecule has 0 atom stereocenters. The van der Waals surface area contributed by atoms with Crippen LogP contribution in [0.2, 0.25) is 0 Å². The van der Waals surface area contributed by atoms with Crippen molar-refractivity contribution in [1.29, 1.82) is 0 Å². The van der Waals surface area contributed by atoms with E-state index in [-0.39, 0.29) is 4.21 Å². The van der Waals surface area contributed by atoms with Crippen molar-refractivity contribution in [2.24, 2.45) is 0 Å². The predicted molar refractivity (Wildman–Crippen MR) is 69.5 cm³/mol. The van der Waals surface area contributed by atoms with Gasteiger partial charge in [0.25, 0.3) is 10.0 Å². The van der Waals surface area contributed by atoms with Crippen LogP contribution < -0.4 is 4.72 Å². The Morgan fingerprint density at radius 1 is 1.39 bits per heavy atom. The van der Waals surface area contributed by atoms with Gasteiger partial charge in [0, 0.05) is 11.3 Å². The maximum Gasteiger partial charge on any atom is 0.273 e. The molecule has 0 unspecified atom stereocenters. The molecule has 0 fully saturated rings. The molecule has 18 heavy (non-hydrogen) atoms. The van der Waals surface area contributed by atoms with Gasteiger partial charge in [0.1, 0.15) is 6.29 Å². The molecule has 0 amide bonds. The number of nitrogens with one attached hydrogen (secondary N) is 1. The number of aldehydes is 1. The summed E-state index contributed by atoms with van der Waals surface area (Å²) < 4.78 is 26.5. The fourth-order valence-electron chi connectivity index (χ4n) is 1.35. The Morgan fingerprint density at radius 2 is 2.17 bits per heavy atom. The fourth-order valence-corrected chi connectivity index (χ4v) is 3.50. The van der Waals surface area contributed by atoms with Gasteiger partial charge in [-0.1, -0.05) is 12.1 Å². The van der Waals surface area contributed by atoms with Crippen LogP contribution in [0.4, 0.5) is 5.69 Å². The number of carbonyl (C=O) groups is 1. The summed E-state index contributed by atoms with van der Waals surface area (Å²) in [4.78, 5) is 14.5. The summed E-state index contributed by atoms with van der Waals surface area (Å²) >= 11 is 1.09. The molecule has 0 aliphatic carbocycles. The molecule has 2 aromatic rings. The van der Waals surface area contributed by atoms with Crippen LogP contribution in [0.3, 0.4) is 0 Å². The van der Waals surface area contributed by atoms with E-state index in [2.05, 4.69) is 9.71 Å². The van der Waals surface area contributed by atoms with Gasteiger partial charge in [0.15, 0.2) is 4.21 Å². The number of hydrogen-bond acceptors (Lipinski definition) is 5. The number of thiazole rings is 1. The molecule has 1 N–H and O–H groups in total. The molecule has 94 valence electrons. The molecule has 0 saturated carbocycles. The van der Waals surface area contributed by atoms with Crippen molar-refractivity contribution in [2.45, 2.75) is 11.1 Å². The monoisotopic (exact) mass is 282 g/mol. The Balaban J connectivity index is 2.30. The van der Waals surface area contributed by atoms with Gasteiger partial charge in [-0.05, 0) is 19.1 Å². The third-order valence-electron chi connectivity index (χ3n) is 2.14. The second-order valence-electron chi connectivity index (χ2n) is 3.55. The van der Waals surface area contributed by atoms with Crippen molar-refractivity contribution in [3.8, 4) is 0 Å². The van der Waals surface area contributed by atoms with Crippen molar-refractivity contribution in [3.63, 3.8) is 0 Å². The van der Waals surface area contributed by atoms with Crippen molar-refractivity contribution >= 4 is 33.3 Å². The lowest BCUT2D eigenvalue weighted by Crippen LogP contribution is -2.11. The van der Waals surface area contributed by atoms with E-state index in [4.69, 9.17) is 0 Å². The van der Waals surface area contributed by atoms with Crippen LogP contribution in [-0.4, -0.2) is 19.7 Å². The van der Waals surface area contributed by atoms with Crippen LogP contribution in [0.1, 0.15) is 15.4 Å². The number of anilines is 1. The minimum atomic E-state index is -3.63. The summed E-state index contributed by atoms with van der Waals surface area (Å²) in [6, 6.07) is 6.26. The van der Waals surface area contributed by atoms with Crippen molar-refractivity contribution < 1.29 is 13.2 Å². The van der Waals surface area contributed by atoms with E-state index in [0.717, 1.165) is 11.3 Å². The van der Waals surface area contributed by atoms with E-state index in [9.17, 15) is 13.2 Å². The molecule has 5 nitrogen and oxygen atoms in total. The molecule has 0 aliphatic heterocycles. The summed E-state index contributed by atoms with van der Waals surface area (Å²) in [5.41, 5.74) is 0.765. The number of nitrogens with zero attached hydrogens (tertiary/aromatic N) is 1. The molecule has 2 rings (SSSR count). The Morgan fingerprint density at radius 3 is 2.78 bits per heavy atom. The van der Waals surface area contributed by atoms with Gasteiger partial charge >= 0.3 is 0 Å². The number of aryl methyl sites for hydroxylation is 1. The number of hydrogen-bond donors (Lipinski definition) is 1. The molecule has 7 heteroatoms. The van der Waals surface area contributed by atoms with Crippen molar-refractivity contribution in [1.82, 2.24) is 4.98 Å². The van der Waals surface area contributed by atoms with Gasteiger partial charge in [-0.2, -0.15) is 0 Å². The molecule has 1 heterocycles. The highest BCUT2D eigenvalue weighted by Crippen LogP contribution is 2.21. The Kier molecular flexibility index (Phi) is 3.44. The van der Waals surface area contributed by atoms with Gasteiger partial charge in [-0.3, -0.25) is 9.52 Å². The van der Waals surface area contributed by atoms with Gasteiger partial charge in [0.05, 0.1) is 11.2 Å². The first-order valence-electron chi connectivity index (χ1n) is 5.02. The Labute approximate surface area is 109 Å².